The van der Waals surface area contributed by atoms with Crippen LogP contribution >= 0.6 is 0 Å². The van der Waals surface area contributed by atoms with E-state index in [9.17, 15) is 13.6 Å². The van der Waals surface area contributed by atoms with Crippen LogP contribution < -0.4 is 0 Å². The first-order valence-corrected chi connectivity index (χ1v) is 5.65. The Morgan fingerprint density at radius 3 is 2.31 bits per heavy atom. The number of hydrogen-bond acceptors (Lipinski definition) is 2. The molecule has 2 unspecified atom stereocenters. The fraction of sp³-hybridized carbons (Fsp3) is 0.909. The number of likely N-dealkylation sites (tertiary alicyclic amines) is 1. The van der Waals surface area contributed by atoms with Crippen LogP contribution in [-0.4, -0.2) is 42.0 Å². The van der Waals surface area contributed by atoms with Crippen molar-refractivity contribution in [1.82, 2.24) is 4.90 Å². The number of alkyl halides is 2. The zero-order chi connectivity index (χ0) is 11.9. The van der Waals surface area contributed by atoms with E-state index in [0.717, 1.165) is 0 Å². The normalized spacial score (nSPS) is 38.3. The third kappa shape index (κ3) is 2.34. The average molecular weight is 233 g/mol. The zero-order valence-electron chi connectivity index (χ0n) is 9.33. The smallest absolute Gasteiger partial charge is 0.303 e. The second-order valence-corrected chi connectivity index (χ2v) is 5.27. The molecule has 2 aliphatic rings. The van der Waals surface area contributed by atoms with Crippen LogP contribution in [0.4, 0.5) is 8.78 Å². The van der Waals surface area contributed by atoms with Gasteiger partial charge >= 0.3 is 5.97 Å². The molecular weight excluding hydrogens is 216 g/mol. The number of piperidine rings is 1. The van der Waals surface area contributed by atoms with E-state index in [1.54, 1.807) is 0 Å². The quantitative estimate of drug-likeness (QED) is 0.789. The highest BCUT2D eigenvalue weighted by Gasteiger charge is 2.50. The van der Waals surface area contributed by atoms with Gasteiger partial charge in [-0.05, 0) is 24.8 Å². The first-order valence-electron chi connectivity index (χ1n) is 5.65. The minimum Gasteiger partial charge on any atom is -0.481 e. The van der Waals surface area contributed by atoms with Crippen LogP contribution in [0.25, 0.3) is 0 Å². The predicted octanol–water partition coefficient (Wildman–Crippen LogP) is 1.68. The number of nitrogens with zero attached hydrogens (tertiary/aromatic N) is 1. The molecule has 1 N–H and O–H groups in total. The van der Waals surface area contributed by atoms with Gasteiger partial charge in [-0.3, -0.25) is 4.79 Å². The standard InChI is InChI=1S/C11H17F2NO2/c1-14-5-7-3-11(12,13)4-8(6-14)9(7)2-10(15)16/h7-9H,2-6H2,1H3,(H,15,16). The number of halogens is 2. The fourth-order valence-electron chi connectivity index (χ4n) is 3.35. The molecule has 2 bridgehead atoms. The van der Waals surface area contributed by atoms with Gasteiger partial charge < -0.3 is 10.0 Å². The molecule has 5 heteroatoms. The summed E-state index contributed by atoms with van der Waals surface area (Å²) in [4.78, 5) is 12.8. The maximum Gasteiger partial charge on any atom is 0.303 e. The van der Waals surface area contributed by atoms with Gasteiger partial charge in [0.05, 0.1) is 0 Å². The average Bonchev–Trinajstić information content (AvgIpc) is 2.06. The molecule has 2 fully saturated rings. The lowest BCUT2D eigenvalue weighted by atomic mass is 9.66. The monoisotopic (exact) mass is 233 g/mol. The van der Waals surface area contributed by atoms with Crippen molar-refractivity contribution in [1.29, 1.82) is 0 Å². The SMILES string of the molecule is CN1CC2CC(F)(F)CC(C1)C2CC(=O)O. The summed E-state index contributed by atoms with van der Waals surface area (Å²) >= 11 is 0. The van der Waals surface area contributed by atoms with E-state index in [0.29, 0.717) is 13.1 Å². The van der Waals surface area contributed by atoms with Crippen molar-refractivity contribution in [2.75, 3.05) is 20.1 Å². The van der Waals surface area contributed by atoms with Gasteiger partial charge in [-0.2, -0.15) is 0 Å². The summed E-state index contributed by atoms with van der Waals surface area (Å²) in [5.41, 5.74) is 0. The van der Waals surface area contributed by atoms with Crippen molar-refractivity contribution in [3.8, 4) is 0 Å². The van der Waals surface area contributed by atoms with Gasteiger partial charge in [0, 0.05) is 32.4 Å². The van der Waals surface area contributed by atoms with E-state index in [1.807, 2.05) is 11.9 Å². The molecule has 0 amide bonds. The third-order valence-electron chi connectivity index (χ3n) is 3.84. The van der Waals surface area contributed by atoms with Crippen LogP contribution in [0.3, 0.4) is 0 Å². The summed E-state index contributed by atoms with van der Waals surface area (Å²) in [5.74, 6) is -3.85. The van der Waals surface area contributed by atoms with Gasteiger partial charge in [-0.25, -0.2) is 8.78 Å². The van der Waals surface area contributed by atoms with Gasteiger partial charge in [0.25, 0.3) is 0 Å². The molecule has 2 atom stereocenters. The predicted molar refractivity (Wildman–Crippen MR) is 54.4 cm³/mol. The van der Waals surface area contributed by atoms with Crippen molar-refractivity contribution in [3.05, 3.63) is 0 Å². The fourth-order valence-corrected chi connectivity index (χ4v) is 3.35. The molecule has 0 aromatic rings. The van der Waals surface area contributed by atoms with E-state index >= 15 is 0 Å². The summed E-state index contributed by atoms with van der Waals surface area (Å²) in [6, 6.07) is 0. The molecule has 3 nitrogen and oxygen atoms in total. The second-order valence-electron chi connectivity index (χ2n) is 5.27. The van der Waals surface area contributed by atoms with E-state index < -0.39 is 11.9 Å². The Labute approximate surface area is 93.4 Å². The molecule has 0 spiro atoms. The van der Waals surface area contributed by atoms with Crippen LogP contribution in [-0.2, 0) is 4.79 Å². The third-order valence-corrected chi connectivity index (χ3v) is 3.84. The molecule has 1 aliphatic heterocycles. The highest BCUT2D eigenvalue weighted by molar-refractivity contribution is 5.67. The van der Waals surface area contributed by atoms with Crippen LogP contribution in [0.5, 0.6) is 0 Å². The van der Waals surface area contributed by atoms with E-state index in [-0.39, 0.29) is 37.0 Å². The number of carboxylic acid groups (broad SMARTS) is 1. The van der Waals surface area contributed by atoms with Crippen LogP contribution in [0.2, 0.25) is 0 Å². The number of rotatable bonds is 2. The van der Waals surface area contributed by atoms with E-state index in [2.05, 4.69) is 0 Å². The lowest BCUT2D eigenvalue weighted by molar-refractivity contribution is -0.149. The Morgan fingerprint density at radius 2 is 1.88 bits per heavy atom. The lowest BCUT2D eigenvalue weighted by Gasteiger charge is -2.48. The lowest BCUT2D eigenvalue weighted by Crippen LogP contribution is -2.52. The molecular formula is C11H17F2NO2. The van der Waals surface area contributed by atoms with Crippen molar-refractivity contribution >= 4 is 5.97 Å². The summed E-state index contributed by atoms with van der Waals surface area (Å²) in [6.45, 7) is 1.20. The number of carbonyl (C=O) groups is 1. The molecule has 0 radical (unpaired) electrons. The largest absolute Gasteiger partial charge is 0.481 e. The minimum absolute atomic E-state index is 0.0409. The number of hydrogen-bond donors (Lipinski definition) is 1. The molecule has 1 aliphatic carbocycles. The van der Waals surface area contributed by atoms with E-state index in [1.165, 1.54) is 0 Å². The first-order chi connectivity index (χ1) is 7.37. The van der Waals surface area contributed by atoms with Gasteiger partial charge in [-0.15, -0.1) is 0 Å². The van der Waals surface area contributed by atoms with Crippen molar-refractivity contribution in [3.63, 3.8) is 0 Å². The number of aliphatic carboxylic acids is 1. The maximum absolute atomic E-state index is 13.4. The van der Waals surface area contributed by atoms with Gasteiger partial charge in [-0.1, -0.05) is 0 Å². The van der Waals surface area contributed by atoms with Crippen LogP contribution in [0.1, 0.15) is 19.3 Å². The van der Waals surface area contributed by atoms with Gasteiger partial charge in [0.2, 0.25) is 5.92 Å². The maximum atomic E-state index is 13.4. The highest BCUT2D eigenvalue weighted by atomic mass is 19.3. The minimum atomic E-state index is -2.59. The summed E-state index contributed by atoms with van der Waals surface area (Å²) in [7, 11) is 1.92. The first kappa shape index (κ1) is 11.8. The summed E-state index contributed by atoms with van der Waals surface area (Å²) in [5, 5.41) is 8.82. The Balaban J connectivity index is 2.13. The zero-order valence-corrected chi connectivity index (χ0v) is 9.33. The van der Waals surface area contributed by atoms with Crippen molar-refractivity contribution in [2.24, 2.45) is 17.8 Å². The molecule has 0 aromatic carbocycles. The topological polar surface area (TPSA) is 40.5 Å². The van der Waals surface area contributed by atoms with Crippen molar-refractivity contribution < 1.29 is 18.7 Å². The number of carboxylic acids is 1. The van der Waals surface area contributed by atoms with Crippen LogP contribution in [0.15, 0.2) is 0 Å². The Kier molecular flexibility index (Phi) is 2.90. The Bertz CT molecular complexity index is 278. The summed E-state index contributed by atoms with van der Waals surface area (Å²) in [6.07, 6.45) is -0.253. The molecule has 16 heavy (non-hydrogen) atoms. The van der Waals surface area contributed by atoms with E-state index in [4.69, 9.17) is 5.11 Å². The van der Waals surface area contributed by atoms with Crippen molar-refractivity contribution in [2.45, 2.75) is 25.2 Å². The van der Waals surface area contributed by atoms with Gasteiger partial charge in [0.1, 0.15) is 0 Å². The Morgan fingerprint density at radius 1 is 1.38 bits per heavy atom. The molecule has 0 aromatic heterocycles. The Hall–Kier alpha value is -0.710. The molecule has 92 valence electrons. The molecule has 2 rings (SSSR count). The molecule has 1 saturated carbocycles. The second kappa shape index (κ2) is 3.95. The van der Waals surface area contributed by atoms with Crippen LogP contribution in [0, 0.1) is 17.8 Å². The summed E-state index contributed by atoms with van der Waals surface area (Å²) < 4.78 is 26.8. The number of fused-ring (bicyclic) bond motifs is 2. The van der Waals surface area contributed by atoms with Gasteiger partial charge in [0.15, 0.2) is 0 Å². The highest BCUT2D eigenvalue weighted by Crippen LogP contribution is 2.47. The molecule has 1 saturated heterocycles. The molecule has 1 heterocycles.